The van der Waals surface area contributed by atoms with Crippen molar-refractivity contribution in [2.45, 2.75) is 31.6 Å². The summed E-state index contributed by atoms with van der Waals surface area (Å²) in [6.07, 6.45) is -0.833. The fourth-order valence-corrected chi connectivity index (χ4v) is 4.05. The lowest BCUT2D eigenvalue weighted by Gasteiger charge is -2.35. The highest BCUT2D eigenvalue weighted by molar-refractivity contribution is 6.42. The van der Waals surface area contributed by atoms with Crippen molar-refractivity contribution in [3.05, 3.63) is 57.6 Å². The van der Waals surface area contributed by atoms with Crippen LogP contribution in [0.25, 0.3) is 11.0 Å². The van der Waals surface area contributed by atoms with Crippen molar-refractivity contribution < 1.29 is 13.2 Å². The number of nitrogens with zero attached hydrogens (tertiary/aromatic N) is 3. The van der Waals surface area contributed by atoms with E-state index in [9.17, 15) is 13.2 Å². The van der Waals surface area contributed by atoms with Crippen molar-refractivity contribution in [1.82, 2.24) is 9.55 Å². The van der Waals surface area contributed by atoms with Crippen LogP contribution < -0.4 is 10.6 Å². The Morgan fingerprint density at radius 1 is 1.14 bits per heavy atom. The third kappa shape index (κ3) is 3.67. The molecular formula is C20H19Cl2F3N4. The molecule has 0 aliphatic carbocycles. The Morgan fingerprint density at radius 3 is 2.55 bits per heavy atom. The molecule has 1 saturated heterocycles. The van der Waals surface area contributed by atoms with E-state index in [0.29, 0.717) is 33.6 Å². The summed E-state index contributed by atoms with van der Waals surface area (Å²) in [6, 6.07) is 6.42. The van der Waals surface area contributed by atoms with Crippen LogP contribution in [0.4, 0.5) is 19.1 Å². The van der Waals surface area contributed by atoms with Gasteiger partial charge in [-0.2, -0.15) is 0 Å². The third-order valence-electron chi connectivity index (χ3n) is 5.38. The van der Waals surface area contributed by atoms with Crippen molar-refractivity contribution in [2.24, 2.45) is 5.73 Å². The predicted octanol–water partition coefficient (Wildman–Crippen LogP) is 5.11. The summed E-state index contributed by atoms with van der Waals surface area (Å²) in [7, 11) is 0. The number of fused-ring (bicyclic) bond motifs is 1. The topological polar surface area (TPSA) is 47.1 Å². The Morgan fingerprint density at radius 2 is 1.86 bits per heavy atom. The van der Waals surface area contributed by atoms with E-state index in [1.807, 2.05) is 17.9 Å². The molecule has 0 amide bonds. The number of nitrogens with two attached hydrogens (primary N) is 1. The van der Waals surface area contributed by atoms with Crippen LogP contribution in [0, 0.1) is 11.6 Å². The first kappa shape index (κ1) is 20.3. The third-order valence-corrected chi connectivity index (χ3v) is 6.12. The molecule has 2 N–H and O–H groups in total. The van der Waals surface area contributed by atoms with E-state index in [0.717, 1.165) is 17.7 Å². The molecule has 1 fully saturated rings. The lowest BCUT2D eigenvalue weighted by atomic mass is 10.0. The van der Waals surface area contributed by atoms with E-state index in [2.05, 4.69) is 4.98 Å². The fraction of sp³-hybridized carbons (Fsp3) is 0.350. The minimum absolute atomic E-state index is 0.254. The fourth-order valence-electron chi connectivity index (χ4n) is 3.74. The van der Waals surface area contributed by atoms with Crippen LogP contribution in [-0.4, -0.2) is 34.9 Å². The van der Waals surface area contributed by atoms with Gasteiger partial charge in [0.2, 0.25) is 5.95 Å². The van der Waals surface area contributed by atoms with Crippen LogP contribution in [-0.2, 0) is 0 Å². The van der Waals surface area contributed by atoms with Gasteiger partial charge in [-0.3, -0.25) is 0 Å². The molecule has 2 heterocycles. The van der Waals surface area contributed by atoms with Gasteiger partial charge in [0.05, 0.1) is 33.2 Å². The van der Waals surface area contributed by atoms with Crippen LogP contribution in [0.15, 0.2) is 30.3 Å². The normalized spacial score (nSPS) is 21.0. The number of imidazole rings is 1. The summed E-state index contributed by atoms with van der Waals surface area (Å²) >= 11 is 12.2. The molecule has 29 heavy (non-hydrogen) atoms. The first-order valence-electron chi connectivity index (χ1n) is 9.22. The summed E-state index contributed by atoms with van der Waals surface area (Å²) in [5.74, 6) is -1.47. The van der Waals surface area contributed by atoms with Crippen LogP contribution in [0.5, 0.6) is 0 Å². The van der Waals surface area contributed by atoms with Crippen molar-refractivity contribution in [1.29, 1.82) is 0 Å². The highest BCUT2D eigenvalue weighted by Crippen LogP contribution is 2.35. The van der Waals surface area contributed by atoms with Gasteiger partial charge in [0.1, 0.15) is 6.17 Å². The number of hydrogen-bond acceptors (Lipinski definition) is 3. The van der Waals surface area contributed by atoms with Crippen molar-refractivity contribution in [2.75, 3.05) is 18.0 Å². The molecular weight excluding hydrogens is 424 g/mol. The first-order chi connectivity index (χ1) is 13.8. The summed E-state index contributed by atoms with van der Waals surface area (Å²) in [4.78, 5) is 6.38. The molecule has 0 spiro atoms. The quantitative estimate of drug-likeness (QED) is 0.613. The summed E-state index contributed by atoms with van der Waals surface area (Å²) < 4.78 is 43.5. The number of alkyl halides is 1. The standard InChI is InChI=1S/C20H19Cl2F3N4/c1-10(11-2-3-12(21)13(22)6-11)29-19-8-16(25)15(24)7-18(19)27-20(29)28-5-4-14(23)17(26)9-28/h2-3,6-8,10,14,17H,4-5,9,26H2,1H3/t10?,14?,17-/m1/s1. The Balaban J connectivity index is 1.87. The second-order valence-electron chi connectivity index (χ2n) is 7.30. The molecule has 4 rings (SSSR count). The molecule has 0 saturated carbocycles. The van der Waals surface area contributed by atoms with E-state index >= 15 is 0 Å². The lowest BCUT2D eigenvalue weighted by Crippen LogP contribution is -2.50. The van der Waals surface area contributed by atoms with Gasteiger partial charge in [0.15, 0.2) is 11.6 Å². The zero-order valence-electron chi connectivity index (χ0n) is 15.5. The maximum absolute atomic E-state index is 14.0. The highest BCUT2D eigenvalue weighted by Gasteiger charge is 2.30. The molecule has 9 heteroatoms. The van der Waals surface area contributed by atoms with Gasteiger partial charge in [0, 0.05) is 25.2 Å². The van der Waals surface area contributed by atoms with Gasteiger partial charge >= 0.3 is 0 Å². The minimum atomic E-state index is -1.09. The number of aromatic nitrogens is 2. The van der Waals surface area contributed by atoms with Crippen molar-refractivity contribution in [3.63, 3.8) is 0 Å². The molecule has 1 aromatic heterocycles. The molecule has 4 nitrogen and oxygen atoms in total. The Labute approximate surface area is 176 Å². The largest absolute Gasteiger partial charge is 0.340 e. The van der Waals surface area contributed by atoms with Gasteiger partial charge in [-0.1, -0.05) is 29.3 Å². The molecule has 154 valence electrons. The molecule has 0 bridgehead atoms. The Bertz CT molecular complexity index is 1070. The SMILES string of the molecule is CC(c1ccc(Cl)c(Cl)c1)n1c(N2CCC(F)[C@H](N)C2)nc2cc(F)c(F)cc21. The van der Waals surface area contributed by atoms with Crippen LogP contribution in [0.1, 0.15) is 24.9 Å². The minimum Gasteiger partial charge on any atom is -0.340 e. The number of halogens is 5. The summed E-state index contributed by atoms with van der Waals surface area (Å²) in [5, 5.41) is 0.807. The number of rotatable bonds is 3. The number of piperidine rings is 1. The zero-order valence-corrected chi connectivity index (χ0v) is 17.1. The van der Waals surface area contributed by atoms with Crippen molar-refractivity contribution >= 4 is 40.2 Å². The second kappa shape index (κ2) is 7.70. The summed E-state index contributed by atoms with van der Waals surface area (Å²) in [6.45, 7) is 2.55. The van der Waals surface area contributed by atoms with E-state index in [-0.39, 0.29) is 19.0 Å². The van der Waals surface area contributed by atoms with Crippen LogP contribution in [0.2, 0.25) is 10.0 Å². The maximum Gasteiger partial charge on any atom is 0.207 e. The van der Waals surface area contributed by atoms with Crippen molar-refractivity contribution in [3.8, 4) is 0 Å². The van der Waals surface area contributed by atoms with Gasteiger partial charge in [0.25, 0.3) is 0 Å². The molecule has 2 unspecified atom stereocenters. The molecule has 3 aromatic rings. The number of benzene rings is 2. The predicted molar refractivity (Wildman–Crippen MR) is 110 cm³/mol. The zero-order chi connectivity index (χ0) is 20.9. The van der Waals surface area contributed by atoms with Gasteiger partial charge in [-0.05, 0) is 31.0 Å². The average Bonchev–Trinajstić information content (AvgIpc) is 3.04. The molecule has 1 aliphatic heterocycles. The van der Waals surface area contributed by atoms with Gasteiger partial charge in [-0.25, -0.2) is 18.2 Å². The molecule has 3 atom stereocenters. The number of anilines is 1. The smallest absolute Gasteiger partial charge is 0.207 e. The van der Waals surface area contributed by atoms with E-state index < -0.39 is 23.8 Å². The summed E-state index contributed by atoms with van der Waals surface area (Å²) in [5.41, 5.74) is 7.46. The van der Waals surface area contributed by atoms with E-state index in [1.54, 1.807) is 16.7 Å². The average molecular weight is 443 g/mol. The highest BCUT2D eigenvalue weighted by atomic mass is 35.5. The Hall–Kier alpha value is -1.96. The second-order valence-corrected chi connectivity index (χ2v) is 8.12. The monoisotopic (exact) mass is 442 g/mol. The molecule has 1 aliphatic rings. The number of hydrogen-bond donors (Lipinski definition) is 1. The first-order valence-corrected chi connectivity index (χ1v) is 9.98. The van der Waals surface area contributed by atoms with Gasteiger partial charge in [-0.15, -0.1) is 0 Å². The van der Waals surface area contributed by atoms with Crippen LogP contribution in [0.3, 0.4) is 0 Å². The Kier molecular flexibility index (Phi) is 5.40. The van der Waals surface area contributed by atoms with Gasteiger partial charge < -0.3 is 15.2 Å². The molecule has 2 aromatic carbocycles. The maximum atomic E-state index is 14.0. The van der Waals surface area contributed by atoms with E-state index in [1.165, 1.54) is 0 Å². The van der Waals surface area contributed by atoms with Crippen LogP contribution >= 0.6 is 23.2 Å². The molecule has 0 radical (unpaired) electrons. The lowest BCUT2D eigenvalue weighted by molar-refractivity contribution is 0.243. The van der Waals surface area contributed by atoms with E-state index in [4.69, 9.17) is 28.9 Å².